The van der Waals surface area contributed by atoms with Crippen LogP contribution in [0.3, 0.4) is 0 Å². The summed E-state index contributed by atoms with van der Waals surface area (Å²) in [5.74, 6) is -0.0858. The van der Waals surface area contributed by atoms with Crippen molar-refractivity contribution in [2.24, 2.45) is 0 Å². The number of fused-ring (bicyclic) bond motifs is 1. The van der Waals surface area contributed by atoms with Crippen LogP contribution in [0.15, 0.2) is 34.9 Å². The number of hydrogen-bond donors (Lipinski definition) is 2. The first-order valence-corrected chi connectivity index (χ1v) is 5.60. The zero-order valence-electron chi connectivity index (χ0n) is 8.68. The van der Waals surface area contributed by atoms with Gasteiger partial charge in [0.25, 0.3) is 5.91 Å². The molecule has 0 bridgehead atoms. The van der Waals surface area contributed by atoms with E-state index in [9.17, 15) is 4.79 Å². The Labute approximate surface area is 106 Å². The molecule has 1 heterocycles. The van der Waals surface area contributed by atoms with Gasteiger partial charge in [-0.25, -0.2) is 5.48 Å². The highest BCUT2D eigenvalue weighted by atomic mass is 79.9. The van der Waals surface area contributed by atoms with E-state index in [1.807, 2.05) is 12.1 Å². The van der Waals surface area contributed by atoms with Crippen LogP contribution in [0.5, 0.6) is 5.75 Å². The van der Waals surface area contributed by atoms with Crippen LogP contribution in [0.4, 0.5) is 0 Å². The number of nitrogens with one attached hydrogen (secondary N) is 1. The van der Waals surface area contributed by atoms with E-state index in [1.54, 1.807) is 18.3 Å². The van der Waals surface area contributed by atoms with Crippen LogP contribution in [-0.2, 0) is 4.79 Å². The molecule has 0 saturated carbocycles. The Morgan fingerprint density at radius 2 is 2.29 bits per heavy atom. The number of carbonyl (C=O) groups is 1. The Morgan fingerprint density at radius 1 is 1.47 bits per heavy atom. The summed E-state index contributed by atoms with van der Waals surface area (Å²) >= 11 is 3.39. The summed E-state index contributed by atoms with van der Waals surface area (Å²) in [7, 11) is 0. The summed E-state index contributed by atoms with van der Waals surface area (Å²) in [5, 5.41) is 9.25. The smallest absolute Gasteiger partial charge is 0.281 e. The van der Waals surface area contributed by atoms with Gasteiger partial charge in [-0.15, -0.1) is 0 Å². The molecule has 88 valence electrons. The molecular weight excluding hydrogens is 288 g/mol. The summed E-state index contributed by atoms with van der Waals surface area (Å²) in [5.41, 5.74) is 2.33. The lowest BCUT2D eigenvalue weighted by Gasteiger charge is -2.08. The lowest BCUT2D eigenvalue weighted by Crippen LogP contribution is -2.25. The second-order valence-electron chi connectivity index (χ2n) is 3.27. The zero-order valence-corrected chi connectivity index (χ0v) is 10.3. The minimum absolute atomic E-state index is 0.249. The van der Waals surface area contributed by atoms with Crippen LogP contribution < -0.4 is 10.2 Å². The van der Waals surface area contributed by atoms with Crippen molar-refractivity contribution in [2.75, 3.05) is 6.61 Å². The number of hydroxylamine groups is 1. The highest BCUT2D eigenvalue weighted by Gasteiger charge is 2.08. The number of aromatic nitrogens is 1. The minimum Gasteiger partial charge on any atom is -0.482 e. The summed E-state index contributed by atoms with van der Waals surface area (Å²) in [4.78, 5) is 15.0. The standard InChI is InChI=1S/C11H9BrN2O3/c12-11-7-2-1-5-13-8(7)3-4-9(11)17-6-10(15)14-16/h1-5,16H,6H2,(H,14,15). The van der Waals surface area contributed by atoms with Crippen LogP contribution in [-0.4, -0.2) is 22.7 Å². The molecule has 0 aliphatic heterocycles. The van der Waals surface area contributed by atoms with Gasteiger partial charge in [-0.3, -0.25) is 15.0 Å². The predicted octanol–water partition coefficient (Wildman–Crippen LogP) is 1.88. The van der Waals surface area contributed by atoms with Crippen molar-refractivity contribution >= 4 is 32.7 Å². The van der Waals surface area contributed by atoms with E-state index in [1.165, 1.54) is 5.48 Å². The fourth-order valence-corrected chi connectivity index (χ4v) is 1.97. The number of benzene rings is 1. The second kappa shape index (κ2) is 5.11. The molecule has 2 rings (SSSR count). The molecule has 1 aromatic carbocycles. The maximum absolute atomic E-state index is 10.8. The zero-order chi connectivity index (χ0) is 12.3. The van der Waals surface area contributed by atoms with Crippen molar-refractivity contribution < 1.29 is 14.7 Å². The third kappa shape index (κ3) is 2.54. The maximum Gasteiger partial charge on any atom is 0.281 e. The third-order valence-electron chi connectivity index (χ3n) is 2.17. The molecule has 5 nitrogen and oxygen atoms in total. The molecule has 1 aromatic heterocycles. The normalized spacial score (nSPS) is 10.2. The molecule has 1 amide bonds. The monoisotopic (exact) mass is 296 g/mol. The molecule has 0 saturated heterocycles. The number of rotatable bonds is 3. The van der Waals surface area contributed by atoms with Gasteiger partial charge in [0.05, 0.1) is 9.99 Å². The number of pyridine rings is 1. The third-order valence-corrected chi connectivity index (χ3v) is 2.99. The van der Waals surface area contributed by atoms with Crippen molar-refractivity contribution in [1.82, 2.24) is 10.5 Å². The number of nitrogens with zero attached hydrogens (tertiary/aromatic N) is 1. The summed E-state index contributed by atoms with van der Waals surface area (Å²) in [6.07, 6.45) is 1.70. The molecule has 0 atom stereocenters. The topological polar surface area (TPSA) is 71.5 Å². The van der Waals surface area contributed by atoms with Gasteiger partial charge in [-0.2, -0.15) is 0 Å². The SMILES string of the molecule is O=C(COc1ccc2ncccc2c1Br)NO. The molecule has 0 spiro atoms. The van der Waals surface area contributed by atoms with Crippen molar-refractivity contribution in [3.63, 3.8) is 0 Å². The van der Waals surface area contributed by atoms with Gasteiger partial charge < -0.3 is 4.74 Å². The van der Waals surface area contributed by atoms with E-state index in [0.717, 1.165) is 15.4 Å². The Hall–Kier alpha value is -1.66. The van der Waals surface area contributed by atoms with E-state index >= 15 is 0 Å². The summed E-state index contributed by atoms with van der Waals surface area (Å²) < 4.78 is 5.98. The average molecular weight is 297 g/mol. The van der Waals surface area contributed by atoms with Gasteiger partial charge in [0, 0.05) is 11.6 Å². The fourth-order valence-electron chi connectivity index (χ4n) is 1.38. The Balaban J connectivity index is 2.29. The molecular formula is C11H9BrN2O3. The quantitative estimate of drug-likeness (QED) is 0.670. The Morgan fingerprint density at radius 3 is 3.06 bits per heavy atom. The second-order valence-corrected chi connectivity index (χ2v) is 4.06. The Bertz CT molecular complexity index is 559. The molecule has 2 N–H and O–H groups in total. The molecule has 6 heteroatoms. The highest BCUT2D eigenvalue weighted by molar-refractivity contribution is 9.10. The minimum atomic E-state index is -0.608. The molecule has 2 aromatic rings. The predicted molar refractivity (Wildman–Crippen MR) is 64.9 cm³/mol. The van der Waals surface area contributed by atoms with Crippen molar-refractivity contribution in [3.05, 3.63) is 34.9 Å². The lowest BCUT2D eigenvalue weighted by molar-refractivity contribution is -0.131. The van der Waals surface area contributed by atoms with Gasteiger partial charge in [-0.05, 0) is 34.1 Å². The largest absolute Gasteiger partial charge is 0.482 e. The first-order chi connectivity index (χ1) is 8.22. The van der Waals surface area contributed by atoms with Crippen LogP contribution in [0.25, 0.3) is 10.9 Å². The molecule has 0 unspecified atom stereocenters. The van der Waals surface area contributed by atoms with Crippen molar-refractivity contribution in [2.45, 2.75) is 0 Å². The number of hydrogen-bond acceptors (Lipinski definition) is 4. The average Bonchev–Trinajstić information content (AvgIpc) is 2.38. The van der Waals surface area contributed by atoms with Crippen LogP contribution in [0.2, 0.25) is 0 Å². The molecule has 17 heavy (non-hydrogen) atoms. The number of halogens is 1. The van der Waals surface area contributed by atoms with Gasteiger partial charge >= 0.3 is 0 Å². The van der Waals surface area contributed by atoms with Crippen LogP contribution in [0.1, 0.15) is 0 Å². The summed E-state index contributed by atoms with van der Waals surface area (Å²) in [6.45, 7) is -0.249. The van der Waals surface area contributed by atoms with Gasteiger partial charge in [-0.1, -0.05) is 6.07 Å². The van der Waals surface area contributed by atoms with Gasteiger partial charge in [0.15, 0.2) is 6.61 Å². The van der Waals surface area contributed by atoms with E-state index in [-0.39, 0.29) is 6.61 Å². The first kappa shape index (κ1) is 11.8. The van der Waals surface area contributed by atoms with E-state index in [0.29, 0.717) is 5.75 Å². The van der Waals surface area contributed by atoms with E-state index < -0.39 is 5.91 Å². The van der Waals surface area contributed by atoms with Gasteiger partial charge in [0.2, 0.25) is 0 Å². The van der Waals surface area contributed by atoms with E-state index in [2.05, 4.69) is 20.9 Å². The Kier molecular flexibility index (Phi) is 3.55. The highest BCUT2D eigenvalue weighted by Crippen LogP contribution is 2.31. The van der Waals surface area contributed by atoms with Crippen LogP contribution >= 0.6 is 15.9 Å². The van der Waals surface area contributed by atoms with E-state index in [4.69, 9.17) is 9.94 Å². The fraction of sp³-hybridized carbons (Fsp3) is 0.0909. The molecule has 0 aliphatic rings. The lowest BCUT2D eigenvalue weighted by atomic mass is 10.2. The first-order valence-electron chi connectivity index (χ1n) is 4.81. The molecule has 0 aliphatic carbocycles. The number of carbonyl (C=O) groups excluding carboxylic acids is 1. The van der Waals surface area contributed by atoms with Gasteiger partial charge in [0.1, 0.15) is 5.75 Å². The number of amides is 1. The van der Waals surface area contributed by atoms with Crippen LogP contribution in [0, 0.1) is 0 Å². The number of ether oxygens (including phenoxy) is 1. The maximum atomic E-state index is 10.8. The molecule has 0 radical (unpaired) electrons. The molecule has 0 fully saturated rings. The van der Waals surface area contributed by atoms with Crippen molar-refractivity contribution in [1.29, 1.82) is 0 Å². The van der Waals surface area contributed by atoms with Crippen molar-refractivity contribution in [3.8, 4) is 5.75 Å². The summed E-state index contributed by atoms with van der Waals surface area (Å²) in [6, 6.07) is 7.22.